The first-order valence-electron chi connectivity index (χ1n) is 32.1. The normalized spacial score (nSPS) is 10.3. The molecule has 12 aromatic rings. The smallest absolute Gasteiger partial charge is 1.00 e. The van der Waals surface area contributed by atoms with Gasteiger partial charge in [0.05, 0.1) is 7.05 Å². The molecule has 0 atom stereocenters. The number of rotatable bonds is 16. The number of nitrogens with zero attached hydrogens (tertiary/aromatic N) is 2. The van der Waals surface area contributed by atoms with Gasteiger partial charge in [0, 0.05) is 19.8 Å². The second kappa shape index (κ2) is 46.7. The molecule has 3 N–H and O–H groups in total. The molecule has 0 saturated heterocycles. The summed E-state index contributed by atoms with van der Waals surface area (Å²) in [7, 11) is -0.881. The molecule has 1 aromatic heterocycles. The Morgan fingerprint density at radius 2 is 0.676 bits per heavy atom. The van der Waals surface area contributed by atoms with Gasteiger partial charge in [0.15, 0.2) is 69.8 Å². The van der Waals surface area contributed by atoms with Crippen molar-refractivity contribution < 1.29 is 128 Å². The fraction of sp³-hybridized carbons (Fsp3) is 0.101. The Hall–Kier alpha value is -8.16. The summed E-state index contributed by atoms with van der Waals surface area (Å²) in [5, 5.41) is 24.5. The van der Waals surface area contributed by atoms with Crippen molar-refractivity contribution in [2.45, 2.75) is 27.3 Å². The molecule has 0 aliphatic carbocycles. The maximum atomic E-state index is 14.3. The van der Waals surface area contributed by atoms with Gasteiger partial charge in [-0.15, -0.1) is 0 Å². The average molecular weight is 1530 g/mol. The summed E-state index contributed by atoms with van der Waals surface area (Å²) in [6.45, 7) is 10.6. The second-order valence-electron chi connectivity index (χ2n) is 22.5. The molecule has 0 amide bonds. The van der Waals surface area contributed by atoms with E-state index in [9.17, 15) is 52.7 Å². The van der Waals surface area contributed by atoms with Crippen LogP contribution in [0.1, 0.15) is 20.8 Å². The number of hydrogen-bond donors (Lipinski definition) is 3. The number of aryl methyl sites for hydroxylation is 1. The van der Waals surface area contributed by atoms with Crippen molar-refractivity contribution >= 4 is 104 Å². The zero-order chi connectivity index (χ0) is 74.2. The van der Waals surface area contributed by atoms with E-state index >= 15 is 0 Å². The molecule has 0 radical (unpaired) electrons. The van der Waals surface area contributed by atoms with Crippen molar-refractivity contribution in [2.24, 2.45) is 7.05 Å². The van der Waals surface area contributed by atoms with Gasteiger partial charge >= 0.3 is 66.8 Å². The molecule has 105 heavy (non-hydrogen) atoms. The van der Waals surface area contributed by atoms with Gasteiger partial charge in [-0.2, -0.15) is 80.1 Å². The van der Waals surface area contributed by atoms with E-state index in [1.54, 1.807) is 20.8 Å². The summed E-state index contributed by atoms with van der Waals surface area (Å²) in [5.74, 6) is -16.2. The molecule has 7 nitrogen and oxygen atoms in total. The van der Waals surface area contributed by atoms with E-state index < -0.39 is 102 Å². The van der Waals surface area contributed by atoms with Crippen LogP contribution in [-0.4, -0.2) is 89.1 Å². The molecule has 26 heteroatoms. The number of aliphatic hydroxyl groups is 1. The van der Waals surface area contributed by atoms with Crippen molar-refractivity contribution in [3.8, 4) is 0 Å². The molecule has 0 saturated carbocycles. The van der Waals surface area contributed by atoms with Crippen LogP contribution in [0, 0.1) is 75.9 Å². The Kier molecular flexibility index (Phi) is 40.5. The summed E-state index contributed by atoms with van der Waals surface area (Å²) in [5.41, 5.74) is 5.84. The van der Waals surface area contributed by atoms with Gasteiger partial charge in [0.2, 0.25) is 6.33 Å². The van der Waals surface area contributed by atoms with Crippen molar-refractivity contribution in [2.75, 3.05) is 19.8 Å². The predicted octanol–water partition coefficient (Wildman–Crippen LogP) is 4.23. The minimum atomic E-state index is -2.00. The van der Waals surface area contributed by atoms with Crippen molar-refractivity contribution in [1.82, 2.24) is 4.57 Å². The fourth-order valence-electron chi connectivity index (χ4n) is 11.5. The number of benzene rings is 11. The Bertz CT molecular complexity index is 4000. The minimum absolute atomic E-state index is 0. The molecule has 534 valence electrons. The summed E-state index contributed by atoms with van der Waals surface area (Å²) in [6, 6.07) is 77.2. The van der Waals surface area contributed by atoms with Crippen LogP contribution in [-0.2, 0) is 22.9 Å². The Balaban J connectivity index is 0.000000345. The van der Waals surface area contributed by atoms with E-state index in [-0.39, 0.29) is 81.7 Å². The molecule has 12 rings (SSSR count). The topological polar surface area (TPSA) is 88.0 Å². The van der Waals surface area contributed by atoms with E-state index in [0.717, 1.165) is 75.7 Å². The van der Waals surface area contributed by atoms with Crippen molar-refractivity contribution in [3.63, 3.8) is 0 Å². The first-order chi connectivity index (χ1) is 49.1. The first-order valence-corrected chi connectivity index (χ1v) is 32.1. The summed E-state index contributed by atoms with van der Waals surface area (Å²) >= 11 is 0. The van der Waals surface area contributed by atoms with Crippen LogP contribution in [0.15, 0.2) is 292 Å². The monoisotopic (exact) mass is 1530 g/mol. The van der Waals surface area contributed by atoms with E-state index in [4.69, 9.17) is 24.5 Å². The second-order valence-corrected chi connectivity index (χ2v) is 22.5. The van der Waals surface area contributed by atoms with E-state index in [1.165, 1.54) is 0 Å². The number of allylic oxidation sites excluding steroid dienone is 1. The van der Waals surface area contributed by atoms with Gasteiger partial charge in [0.25, 0.3) is 0 Å². The fourth-order valence-corrected chi connectivity index (χ4v) is 11.5. The van der Waals surface area contributed by atoms with E-state index in [2.05, 4.69) is 17.2 Å². The number of aromatic nitrogens is 2. The maximum absolute atomic E-state index is 14.3. The predicted molar refractivity (Wildman–Crippen MR) is 391 cm³/mol. The Morgan fingerprint density at radius 3 is 0.876 bits per heavy atom. The maximum Gasteiger partial charge on any atom is 2.00 e. The van der Waals surface area contributed by atoms with Gasteiger partial charge in [-0.3, -0.25) is 0 Å². The third-order valence-corrected chi connectivity index (χ3v) is 15.8. The van der Waals surface area contributed by atoms with Gasteiger partial charge in [-0.25, -0.2) is 61.8 Å². The molecule has 0 aliphatic heterocycles. The molecular formula is C79H72B4BrF12MgN2NaO5. The molecule has 0 unspecified atom stereocenters. The zero-order valence-corrected chi connectivity index (χ0v) is 63.2. The quantitative estimate of drug-likeness (QED) is 0.0337. The molecular weight excluding hydrogens is 1460 g/mol. The Labute approximate surface area is 654 Å². The van der Waals surface area contributed by atoms with E-state index in [0.29, 0.717) is 36.3 Å². The molecule has 1 heterocycles. The number of halogens is 13. The minimum Gasteiger partial charge on any atom is -1.00 e. The third-order valence-electron chi connectivity index (χ3n) is 15.8. The standard InChI is InChI=1S/2C24H17BF3.C10H12BF3O2.C7H11N2.C6H4BF3O2.C6H5.C2H6O.BrH.Mg.Na/c2*26-22-16-21(17-23(27)24(22)28)25(18-10-4-1-5-11-18,19-12-6-2-7-13-19)20-14-8-3-9-15-20;1-3-15-11(16-4-2)7-5-8(12)10(14)9(13)6-7;1-3-4-9-6-5-8(2)7-9;8-4-1-3(7(11)12)2-5(9)6(4)10;1-2-4-6-5-3-1;1-2-3;;;/h2*1-17H;5-6H,3-4H2,1-2H3;3,5-7H,1,4H2,2H3;1-2,11-12H;1-5H;3H,2H2,1H3;1H;;/q2*-1;;+1;;-1;;;+2;+1/p-1. The van der Waals surface area contributed by atoms with Crippen LogP contribution in [0.4, 0.5) is 52.7 Å². The van der Waals surface area contributed by atoms with Gasteiger partial charge in [-0.1, -0.05) is 219 Å². The van der Waals surface area contributed by atoms with Crippen LogP contribution < -0.4 is 106 Å². The molecule has 11 aromatic carbocycles. The zero-order valence-electron chi connectivity index (χ0n) is 58.2. The van der Waals surface area contributed by atoms with Crippen LogP contribution >= 0.6 is 0 Å². The van der Waals surface area contributed by atoms with Gasteiger partial charge in [-0.05, 0) is 56.0 Å². The van der Waals surface area contributed by atoms with Crippen LogP contribution in [0.2, 0.25) is 0 Å². The molecule has 0 spiro atoms. The molecule has 0 fully saturated rings. The van der Waals surface area contributed by atoms with Gasteiger partial charge in [0.1, 0.15) is 31.2 Å². The summed E-state index contributed by atoms with van der Waals surface area (Å²) in [6.07, 6.45) is 4.08. The van der Waals surface area contributed by atoms with Crippen LogP contribution in [0.25, 0.3) is 0 Å². The number of aliphatic hydroxyl groups excluding tert-OH is 1. The van der Waals surface area contributed by atoms with Crippen molar-refractivity contribution in [1.29, 1.82) is 0 Å². The summed E-state index contributed by atoms with van der Waals surface area (Å²) < 4.78 is 175. The average Bonchev–Trinajstić information content (AvgIpc) is 0.829. The third kappa shape index (κ3) is 25.0. The van der Waals surface area contributed by atoms with Gasteiger partial charge < -0.3 is 41.4 Å². The Morgan fingerprint density at radius 1 is 0.429 bits per heavy atom. The van der Waals surface area contributed by atoms with Crippen molar-refractivity contribution in [3.05, 3.63) is 368 Å². The molecule has 0 bridgehead atoms. The van der Waals surface area contributed by atoms with Crippen LogP contribution in [0.3, 0.4) is 0 Å². The largest absolute Gasteiger partial charge is 2.00 e. The number of imidazole rings is 1. The van der Waals surface area contributed by atoms with Crippen LogP contribution in [0.5, 0.6) is 0 Å². The van der Waals surface area contributed by atoms with E-state index in [1.807, 2.05) is 249 Å². The number of hydrogen-bond acceptors (Lipinski definition) is 5. The molecule has 0 aliphatic rings. The summed E-state index contributed by atoms with van der Waals surface area (Å²) in [4.78, 5) is 0. The SMILES string of the molecule is C=CCn1cc[n+](C)c1.CCO.CCOB(OCC)c1cc(F)c(F)c(F)c1.Fc1cc([B-](c2ccccc2)(c2ccccc2)c2ccccc2)cc(F)c1F.Fc1cc([B-](c2ccccc2)(c2ccccc2)c2ccccc2)cc(F)c1F.OB(O)c1cc(F)c(F)c(F)c1.[Br-].[Mg+2].[Na+].[c-]1ccccc1. The first kappa shape index (κ1) is 91.0.